The maximum absolute atomic E-state index is 13.1. The van der Waals surface area contributed by atoms with Crippen LogP contribution in [0.2, 0.25) is 10.0 Å². The molecule has 0 bridgehead atoms. The van der Waals surface area contributed by atoms with Crippen molar-refractivity contribution < 1.29 is 9.59 Å². The molecule has 4 rings (SSSR count). The van der Waals surface area contributed by atoms with Crippen LogP contribution in [0.1, 0.15) is 23.2 Å². The third kappa shape index (κ3) is 4.19. The van der Waals surface area contributed by atoms with Gasteiger partial charge in [0.15, 0.2) is 0 Å². The van der Waals surface area contributed by atoms with Crippen LogP contribution >= 0.6 is 23.2 Å². The Bertz CT molecular complexity index is 984. The first-order chi connectivity index (χ1) is 14.4. The number of nitrogens with one attached hydrogen (secondary N) is 2. The Morgan fingerprint density at radius 3 is 2.57 bits per heavy atom. The monoisotopic (exact) mass is 447 g/mol. The molecule has 2 fully saturated rings. The molecule has 9 heteroatoms. The summed E-state index contributed by atoms with van der Waals surface area (Å²) < 4.78 is 0. The second-order valence-electron chi connectivity index (χ2n) is 7.53. The van der Waals surface area contributed by atoms with Crippen molar-refractivity contribution in [1.82, 2.24) is 9.80 Å². The first kappa shape index (κ1) is 20.8. The van der Waals surface area contributed by atoms with E-state index in [1.54, 1.807) is 36.4 Å². The normalized spacial score (nSPS) is 18.7. The highest BCUT2D eigenvalue weighted by atomic mass is 35.5. The standard InChI is InChI=1S/C21H23Cl2N5O2/c22-15-6-2-7-16(18(15)23)25-21(30)26-17-8-1-5-14(19(17)24)20(29)28-11-10-27-9-3-4-13(27)12-28/h1-2,5-8,13H,3-4,9-12,24H2,(H2,25,26,30). The zero-order valence-corrected chi connectivity index (χ0v) is 17.8. The molecule has 3 amide bonds. The number of nitrogen functional groups attached to an aromatic ring is 1. The van der Waals surface area contributed by atoms with Crippen molar-refractivity contribution >= 4 is 52.2 Å². The Balaban J connectivity index is 1.46. The smallest absolute Gasteiger partial charge is 0.323 e. The Kier molecular flexibility index (Phi) is 6.04. The van der Waals surface area contributed by atoms with E-state index in [4.69, 9.17) is 28.9 Å². The molecular formula is C21H23Cl2N5O2. The molecule has 2 aromatic carbocycles. The number of urea groups is 1. The van der Waals surface area contributed by atoms with Crippen LogP contribution in [0.15, 0.2) is 36.4 Å². The van der Waals surface area contributed by atoms with Gasteiger partial charge < -0.3 is 21.3 Å². The topological polar surface area (TPSA) is 90.7 Å². The molecule has 7 nitrogen and oxygen atoms in total. The Morgan fingerprint density at radius 2 is 1.73 bits per heavy atom. The number of carbonyl (C=O) groups excluding carboxylic acids is 2. The van der Waals surface area contributed by atoms with Crippen LogP contribution in [0.4, 0.5) is 21.9 Å². The Morgan fingerprint density at radius 1 is 1.00 bits per heavy atom. The van der Waals surface area contributed by atoms with Crippen molar-refractivity contribution in [2.45, 2.75) is 18.9 Å². The SMILES string of the molecule is Nc1c(NC(=O)Nc2cccc(Cl)c2Cl)cccc1C(=O)N1CCN2CCCC2C1. The van der Waals surface area contributed by atoms with Gasteiger partial charge in [0.1, 0.15) is 0 Å². The number of hydrogen-bond acceptors (Lipinski definition) is 4. The first-order valence-corrected chi connectivity index (χ1v) is 10.6. The number of nitrogens with two attached hydrogens (primary N) is 1. The minimum absolute atomic E-state index is 0.110. The van der Waals surface area contributed by atoms with Crippen molar-refractivity contribution in [3.05, 3.63) is 52.0 Å². The van der Waals surface area contributed by atoms with Gasteiger partial charge in [0.25, 0.3) is 5.91 Å². The van der Waals surface area contributed by atoms with Crippen LogP contribution in [-0.4, -0.2) is 54.0 Å². The van der Waals surface area contributed by atoms with Gasteiger partial charge in [0, 0.05) is 25.7 Å². The van der Waals surface area contributed by atoms with Gasteiger partial charge in [0.2, 0.25) is 0 Å². The van der Waals surface area contributed by atoms with Gasteiger partial charge in [0.05, 0.1) is 32.7 Å². The predicted octanol–water partition coefficient (Wildman–Crippen LogP) is 4.14. The van der Waals surface area contributed by atoms with Crippen molar-refractivity contribution in [2.24, 2.45) is 0 Å². The molecule has 2 aliphatic rings. The van der Waals surface area contributed by atoms with Crippen molar-refractivity contribution in [1.29, 1.82) is 0 Å². The third-order valence-electron chi connectivity index (χ3n) is 5.66. The lowest BCUT2D eigenvalue weighted by Crippen LogP contribution is -2.52. The molecule has 1 atom stereocenters. The van der Waals surface area contributed by atoms with E-state index >= 15 is 0 Å². The second kappa shape index (κ2) is 8.71. The molecular weight excluding hydrogens is 425 g/mol. The molecule has 2 aliphatic heterocycles. The fraction of sp³-hybridized carbons (Fsp3) is 0.333. The number of carbonyl (C=O) groups is 2. The number of anilines is 3. The van der Waals surface area contributed by atoms with E-state index < -0.39 is 6.03 Å². The predicted molar refractivity (Wildman–Crippen MR) is 120 cm³/mol. The van der Waals surface area contributed by atoms with E-state index in [1.165, 1.54) is 6.42 Å². The number of fused-ring (bicyclic) bond motifs is 1. The van der Waals surface area contributed by atoms with Crippen LogP contribution in [0.25, 0.3) is 0 Å². The molecule has 0 aromatic heterocycles. The van der Waals surface area contributed by atoms with Crippen LogP contribution in [0.3, 0.4) is 0 Å². The number of rotatable bonds is 3. The third-order valence-corrected chi connectivity index (χ3v) is 6.48. The number of amides is 3. The summed E-state index contributed by atoms with van der Waals surface area (Å²) in [6.45, 7) is 3.39. The van der Waals surface area contributed by atoms with Gasteiger partial charge in [-0.1, -0.05) is 35.3 Å². The quantitative estimate of drug-likeness (QED) is 0.616. The fourth-order valence-electron chi connectivity index (χ4n) is 4.08. The molecule has 0 radical (unpaired) electrons. The number of halogens is 2. The van der Waals surface area contributed by atoms with Gasteiger partial charge in [-0.2, -0.15) is 0 Å². The van der Waals surface area contributed by atoms with Crippen molar-refractivity contribution in [3.63, 3.8) is 0 Å². The molecule has 1 unspecified atom stereocenters. The summed E-state index contributed by atoms with van der Waals surface area (Å²) in [5.74, 6) is -0.110. The lowest BCUT2D eigenvalue weighted by molar-refractivity contribution is 0.0572. The summed E-state index contributed by atoms with van der Waals surface area (Å²) >= 11 is 12.1. The highest BCUT2D eigenvalue weighted by Crippen LogP contribution is 2.30. The van der Waals surface area contributed by atoms with E-state index in [1.807, 2.05) is 4.90 Å². The number of nitrogens with zero attached hydrogens (tertiary/aromatic N) is 2. The van der Waals surface area contributed by atoms with E-state index in [-0.39, 0.29) is 16.6 Å². The lowest BCUT2D eigenvalue weighted by Gasteiger charge is -2.37. The van der Waals surface area contributed by atoms with Gasteiger partial charge in [-0.3, -0.25) is 9.69 Å². The number of hydrogen-bond donors (Lipinski definition) is 3. The number of piperazine rings is 1. The largest absolute Gasteiger partial charge is 0.396 e. The molecule has 0 aliphatic carbocycles. The lowest BCUT2D eigenvalue weighted by atomic mass is 10.1. The summed E-state index contributed by atoms with van der Waals surface area (Å²) in [6, 6.07) is 9.90. The van der Waals surface area contributed by atoms with Crippen LogP contribution < -0.4 is 16.4 Å². The molecule has 2 saturated heterocycles. The van der Waals surface area contributed by atoms with Gasteiger partial charge in [-0.15, -0.1) is 0 Å². The van der Waals surface area contributed by atoms with Crippen molar-refractivity contribution in [3.8, 4) is 0 Å². The maximum atomic E-state index is 13.1. The van der Waals surface area contributed by atoms with Gasteiger partial charge in [-0.05, 0) is 43.7 Å². The van der Waals surface area contributed by atoms with Crippen molar-refractivity contribution in [2.75, 3.05) is 42.5 Å². The molecule has 0 saturated carbocycles. The maximum Gasteiger partial charge on any atom is 0.323 e. The van der Waals surface area contributed by atoms with E-state index in [0.29, 0.717) is 41.1 Å². The molecule has 4 N–H and O–H groups in total. The highest BCUT2D eigenvalue weighted by molar-refractivity contribution is 6.44. The zero-order valence-electron chi connectivity index (χ0n) is 16.3. The van der Waals surface area contributed by atoms with Gasteiger partial charge in [-0.25, -0.2) is 4.79 Å². The minimum atomic E-state index is -0.532. The summed E-state index contributed by atoms with van der Waals surface area (Å²) in [4.78, 5) is 29.8. The Hall–Kier alpha value is -2.48. The summed E-state index contributed by atoms with van der Waals surface area (Å²) in [5, 5.41) is 5.91. The molecule has 158 valence electrons. The summed E-state index contributed by atoms with van der Waals surface area (Å²) in [6.07, 6.45) is 2.30. The fourth-order valence-corrected chi connectivity index (χ4v) is 4.43. The van der Waals surface area contributed by atoms with Gasteiger partial charge >= 0.3 is 6.03 Å². The van der Waals surface area contributed by atoms with Crippen LogP contribution in [0.5, 0.6) is 0 Å². The van der Waals surface area contributed by atoms with Crippen LogP contribution in [0, 0.1) is 0 Å². The number of para-hydroxylation sites is 1. The minimum Gasteiger partial charge on any atom is -0.396 e. The first-order valence-electron chi connectivity index (χ1n) is 9.88. The number of benzene rings is 2. The Labute approximate surface area is 185 Å². The average molecular weight is 448 g/mol. The van der Waals surface area contributed by atoms with E-state index in [2.05, 4.69) is 15.5 Å². The highest BCUT2D eigenvalue weighted by Gasteiger charge is 2.33. The average Bonchev–Trinajstić information content (AvgIpc) is 3.20. The second-order valence-corrected chi connectivity index (χ2v) is 8.32. The molecule has 30 heavy (non-hydrogen) atoms. The van der Waals surface area contributed by atoms with E-state index in [0.717, 1.165) is 19.5 Å². The summed E-state index contributed by atoms with van der Waals surface area (Å²) in [5.41, 5.74) is 7.61. The molecule has 0 spiro atoms. The van der Waals surface area contributed by atoms with Crippen LogP contribution in [-0.2, 0) is 0 Å². The zero-order chi connectivity index (χ0) is 21.3. The summed E-state index contributed by atoms with van der Waals surface area (Å²) in [7, 11) is 0. The molecule has 2 aromatic rings. The van der Waals surface area contributed by atoms with E-state index in [9.17, 15) is 9.59 Å². The molecule has 2 heterocycles.